The van der Waals surface area contributed by atoms with Gasteiger partial charge in [-0.05, 0) is 92.8 Å². The number of rotatable bonds is 4. The lowest BCUT2D eigenvalue weighted by molar-refractivity contribution is -0.134. The topological polar surface area (TPSA) is 46.5 Å². The van der Waals surface area contributed by atoms with Crippen molar-refractivity contribution in [3.8, 4) is 0 Å². The lowest BCUT2D eigenvalue weighted by atomic mass is 9.49. The number of halogens is 1. The Bertz CT molecular complexity index is 552. The van der Waals surface area contributed by atoms with Crippen molar-refractivity contribution in [2.75, 3.05) is 19.0 Å². The van der Waals surface area contributed by atoms with E-state index in [1.165, 1.54) is 38.5 Å². The number of carbonyl (C=O) groups is 1. The summed E-state index contributed by atoms with van der Waals surface area (Å²) in [6.45, 7) is 2.91. The Labute approximate surface area is 166 Å². The summed E-state index contributed by atoms with van der Waals surface area (Å²) in [4.78, 5) is 12.5. The summed E-state index contributed by atoms with van der Waals surface area (Å²) in [5, 5.41) is 11.4. The average Bonchev–Trinajstić information content (AvgIpc) is 2.98. The van der Waals surface area contributed by atoms with Crippen LogP contribution in [0.5, 0.6) is 0 Å². The third-order valence-corrected chi connectivity index (χ3v) is 9.59. The molecule has 0 aromatic heterocycles. The van der Waals surface area contributed by atoms with Gasteiger partial charge in [0.2, 0.25) is 0 Å². The van der Waals surface area contributed by atoms with Crippen molar-refractivity contribution in [2.24, 2.45) is 40.9 Å². The lowest BCUT2D eigenvalue weighted by Crippen LogP contribution is -2.52. The van der Waals surface area contributed by atoms with Crippen LogP contribution in [0.15, 0.2) is 0 Å². The minimum absolute atomic E-state index is 0.240. The number of alkyl halides is 1. The molecule has 0 aromatic rings. The van der Waals surface area contributed by atoms with Crippen molar-refractivity contribution in [1.29, 1.82) is 0 Å². The molecule has 0 saturated heterocycles. The number of hydrogen-bond acceptors (Lipinski definition) is 3. The van der Waals surface area contributed by atoms with Gasteiger partial charge in [-0.3, -0.25) is 4.79 Å². The van der Waals surface area contributed by atoms with Crippen LogP contribution in [0.3, 0.4) is 0 Å². The van der Waals surface area contributed by atoms with Gasteiger partial charge in [0, 0.05) is 13.0 Å². The summed E-state index contributed by atoms with van der Waals surface area (Å²) in [5.74, 6) is 4.58. The van der Waals surface area contributed by atoms with Crippen LogP contribution in [0, 0.1) is 40.9 Å². The highest BCUT2D eigenvalue weighted by Crippen LogP contribution is 2.64. The third-order valence-electron chi connectivity index (χ3n) is 9.04. The van der Waals surface area contributed by atoms with E-state index in [0.717, 1.165) is 42.9 Å². The van der Waals surface area contributed by atoms with E-state index in [1.54, 1.807) is 7.11 Å². The van der Waals surface area contributed by atoms with E-state index in [-0.39, 0.29) is 11.3 Å². The Morgan fingerprint density at radius 1 is 1.08 bits per heavy atom. The van der Waals surface area contributed by atoms with Crippen LogP contribution < -0.4 is 0 Å². The van der Waals surface area contributed by atoms with Crippen molar-refractivity contribution < 1.29 is 14.6 Å². The van der Waals surface area contributed by atoms with E-state index in [9.17, 15) is 9.90 Å². The molecule has 0 aliphatic heterocycles. The van der Waals surface area contributed by atoms with Gasteiger partial charge in [-0.2, -0.15) is 0 Å². The monoisotopic (exact) mass is 426 g/mol. The first-order chi connectivity index (χ1) is 12.4. The molecular weight excluding hydrogens is 392 g/mol. The van der Waals surface area contributed by atoms with Crippen LogP contribution in [0.2, 0.25) is 0 Å². The van der Waals surface area contributed by atoms with Gasteiger partial charge in [-0.1, -0.05) is 22.9 Å². The molecular formula is C22H35BrO3. The molecule has 1 N–H and O–H groups in total. The fraction of sp³-hybridized carbons (Fsp3) is 0.955. The second kappa shape index (κ2) is 7.15. The molecule has 0 amide bonds. The van der Waals surface area contributed by atoms with E-state index in [4.69, 9.17) is 4.74 Å². The average molecular weight is 427 g/mol. The van der Waals surface area contributed by atoms with Crippen LogP contribution >= 0.6 is 15.9 Å². The Kier molecular flexibility index (Phi) is 5.33. The summed E-state index contributed by atoms with van der Waals surface area (Å²) in [6, 6.07) is 0. The molecule has 3 nitrogen and oxygen atoms in total. The predicted octanol–water partition coefficient (Wildman–Crippen LogP) is 4.60. The molecule has 0 unspecified atom stereocenters. The second-order valence-electron chi connectivity index (χ2n) is 10.1. The zero-order valence-electron chi connectivity index (χ0n) is 16.4. The van der Waals surface area contributed by atoms with E-state index in [2.05, 4.69) is 22.9 Å². The number of fused-ring (bicyclic) bond motifs is 5. The Morgan fingerprint density at radius 3 is 2.58 bits per heavy atom. The number of ketones is 1. The lowest BCUT2D eigenvalue weighted by Gasteiger charge is -2.57. The van der Waals surface area contributed by atoms with Gasteiger partial charge in [0.05, 0.1) is 17.5 Å². The Morgan fingerprint density at radius 2 is 1.85 bits per heavy atom. The molecule has 0 aromatic carbocycles. The van der Waals surface area contributed by atoms with Crippen LogP contribution in [0.25, 0.3) is 0 Å². The van der Waals surface area contributed by atoms with Crippen LogP contribution in [0.4, 0.5) is 0 Å². The molecule has 4 rings (SSSR count). The van der Waals surface area contributed by atoms with Crippen LogP contribution in [0.1, 0.15) is 64.7 Å². The predicted molar refractivity (Wildman–Crippen MR) is 106 cm³/mol. The molecule has 0 bridgehead atoms. The Balaban J connectivity index is 1.50. The molecule has 4 heteroatoms. The molecule has 8 atom stereocenters. The summed E-state index contributed by atoms with van der Waals surface area (Å²) < 4.78 is 5.30. The molecule has 26 heavy (non-hydrogen) atoms. The molecule has 4 aliphatic carbocycles. The van der Waals surface area contributed by atoms with Gasteiger partial charge in [-0.25, -0.2) is 0 Å². The van der Waals surface area contributed by atoms with Crippen molar-refractivity contribution >= 4 is 21.7 Å². The van der Waals surface area contributed by atoms with Gasteiger partial charge in [0.25, 0.3) is 0 Å². The summed E-state index contributed by atoms with van der Waals surface area (Å²) >= 11 is 3.42. The number of hydrogen-bond donors (Lipinski definition) is 1. The van der Waals surface area contributed by atoms with Gasteiger partial charge in [0.1, 0.15) is 5.78 Å². The number of aliphatic hydroxyl groups is 1. The molecule has 148 valence electrons. The summed E-state index contributed by atoms with van der Waals surface area (Å²) in [7, 11) is 1.70. The van der Waals surface area contributed by atoms with Gasteiger partial charge >= 0.3 is 0 Å². The Hall–Kier alpha value is 0.0700. The SMILES string of the molecule is COC[C@]1(O)CC[C@H]2[C@@H](CC[C@@H]3[C@@H]2CC[C@]2(C)[C@@H](C(=O)CBr)CC[C@@H]32)C1. The quantitative estimate of drug-likeness (QED) is 0.668. The minimum atomic E-state index is -0.591. The normalized spacial score (nSPS) is 50.6. The minimum Gasteiger partial charge on any atom is -0.387 e. The smallest absolute Gasteiger partial charge is 0.147 e. The van der Waals surface area contributed by atoms with Gasteiger partial charge < -0.3 is 9.84 Å². The first kappa shape index (κ1) is 19.4. The molecule has 0 spiro atoms. The number of Topliss-reactive ketones (excluding diaryl/α,β-unsaturated/α-hetero) is 1. The maximum Gasteiger partial charge on any atom is 0.147 e. The van der Waals surface area contributed by atoms with E-state index < -0.39 is 5.60 Å². The molecule has 4 saturated carbocycles. The van der Waals surface area contributed by atoms with E-state index in [0.29, 0.717) is 23.6 Å². The number of methoxy groups -OCH3 is 1. The highest BCUT2D eigenvalue weighted by molar-refractivity contribution is 9.09. The molecule has 4 aliphatic rings. The molecule has 0 heterocycles. The van der Waals surface area contributed by atoms with Crippen LogP contribution in [-0.2, 0) is 9.53 Å². The second-order valence-corrected chi connectivity index (χ2v) is 10.7. The highest BCUT2D eigenvalue weighted by atomic mass is 79.9. The van der Waals surface area contributed by atoms with Gasteiger partial charge in [0.15, 0.2) is 0 Å². The van der Waals surface area contributed by atoms with E-state index in [1.807, 2.05) is 0 Å². The third kappa shape index (κ3) is 3.03. The fourth-order valence-electron chi connectivity index (χ4n) is 7.98. The standard InChI is InChI=1S/C22H35BrO3/c1-21-9-7-16-15-8-10-22(25,13-26-2)11-14(15)3-4-17(16)18(21)5-6-19(21)20(24)12-23/h14-19,25H,3-13H2,1-2H3/t14-,15-,16+,17+,18-,19+,21-,22-/m0/s1. The van der Waals surface area contributed by atoms with Crippen molar-refractivity contribution in [3.63, 3.8) is 0 Å². The first-order valence-corrected chi connectivity index (χ1v) is 11.8. The summed E-state index contributed by atoms with van der Waals surface area (Å²) in [6.07, 6.45) is 10.5. The fourth-order valence-corrected chi connectivity index (χ4v) is 8.38. The first-order valence-electron chi connectivity index (χ1n) is 10.7. The van der Waals surface area contributed by atoms with E-state index >= 15 is 0 Å². The number of ether oxygens (including phenoxy) is 1. The van der Waals surface area contributed by atoms with Crippen LogP contribution in [-0.4, -0.2) is 35.5 Å². The zero-order chi connectivity index (χ0) is 18.5. The number of carbonyl (C=O) groups excluding carboxylic acids is 1. The van der Waals surface area contributed by atoms with Crippen molar-refractivity contribution in [2.45, 2.75) is 70.3 Å². The van der Waals surface area contributed by atoms with Gasteiger partial charge in [-0.15, -0.1) is 0 Å². The summed E-state index contributed by atoms with van der Waals surface area (Å²) in [5.41, 5.74) is -0.350. The maximum absolute atomic E-state index is 12.5. The zero-order valence-corrected chi connectivity index (χ0v) is 18.0. The van der Waals surface area contributed by atoms with Crippen molar-refractivity contribution in [1.82, 2.24) is 0 Å². The highest BCUT2D eigenvalue weighted by Gasteiger charge is 2.58. The largest absolute Gasteiger partial charge is 0.387 e. The molecule has 4 fully saturated rings. The maximum atomic E-state index is 12.5. The van der Waals surface area contributed by atoms with Crippen molar-refractivity contribution in [3.05, 3.63) is 0 Å². The molecule has 0 radical (unpaired) electrons.